The fraction of sp³-hybridized carbons (Fsp3) is 0.364. The number of nitrogens with one attached hydrogen (secondary N) is 1. The largest absolute Gasteiger partial charge is 0.383 e. The van der Waals surface area contributed by atoms with E-state index in [1.54, 1.807) is 25.4 Å². The van der Waals surface area contributed by atoms with Crippen molar-refractivity contribution >= 4 is 11.9 Å². The Morgan fingerprint density at radius 2 is 2.37 bits per heavy atom. The third-order valence-electron chi connectivity index (χ3n) is 2.42. The lowest BCUT2D eigenvalue weighted by Crippen LogP contribution is -2.18. The Hall–Kier alpha value is -2.35. The van der Waals surface area contributed by atoms with E-state index >= 15 is 0 Å². The summed E-state index contributed by atoms with van der Waals surface area (Å²) in [6, 6.07) is 3.32. The first kappa shape index (κ1) is 13.1. The number of hydrogen-bond acceptors (Lipinski definition) is 6. The van der Waals surface area contributed by atoms with Crippen LogP contribution in [0.5, 0.6) is 0 Å². The number of hydrogen-bond donors (Lipinski definition) is 1. The van der Waals surface area contributed by atoms with Crippen LogP contribution in [0.1, 0.15) is 16.1 Å². The monoisotopic (exact) mass is 262 g/mol. The van der Waals surface area contributed by atoms with Gasteiger partial charge in [0, 0.05) is 24.6 Å². The molecule has 19 heavy (non-hydrogen) atoms. The maximum absolute atomic E-state index is 12.0. The van der Waals surface area contributed by atoms with Gasteiger partial charge in [-0.15, -0.1) is 0 Å². The number of amides is 1. The normalized spacial score (nSPS) is 10.4. The van der Waals surface area contributed by atoms with Gasteiger partial charge in [-0.05, 0) is 29.5 Å². The quantitative estimate of drug-likeness (QED) is 0.831. The van der Waals surface area contributed by atoms with Crippen molar-refractivity contribution in [3.8, 4) is 0 Å². The van der Waals surface area contributed by atoms with Gasteiger partial charge in [-0.2, -0.15) is 0 Å². The lowest BCUT2D eigenvalue weighted by Gasteiger charge is -2.05. The second-order valence-electron chi connectivity index (χ2n) is 3.86. The minimum atomic E-state index is -0.279. The summed E-state index contributed by atoms with van der Waals surface area (Å²) < 4.78 is 6.41. The number of nitrogens with zero attached hydrogens (tertiary/aromatic N) is 5. The van der Waals surface area contributed by atoms with Crippen LogP contribution < -0.4 is 5.32 Å². The van der Waals surface area contributed by atoms with Crippen LogP contribution in [-0.4, -0.2) is 44.8 Å². The first-order valence-corrected chi connectivity index (χ1v) is 5.70. The molecule has 0 saturated carbocycles. The van der Waals surface area contributed by atoms with Crippen LogP contribution in [0.25, 0.3) is 0 Å². The van der Waals surface area contributed by atoms with Crippen molar-refractivity contribution in [2.75, 3.05) is 19.0 Å². The standard InChI is InChI=1S/C11H14N6O2/c1-8-7-9(3-4-12-8)10(18)13-11-14-15-16-17(11)5-6-19-2/h3-4,7H,5-6H2,1-2H3,(H,13,14,16,18). The Labute approximate surface area is 109 Å². The number of tetrazole rings is 1. The minimum Gasteiger partial charge on any atom is -0.383 e. The molecule has 2 heterocycles. The highest BCUT2D eigenvalue weighted by Gasteiger charge is 2.11. The molecule has 8 heteroatoms. The van der Waals surface area contributed by atoms with Crippen molar-refractivity contribution in [1.29, 1.82) is 0 Å². The van der Waals surface area contributed by atoms with Crippen molar-refractivity contribution in [3.05, 3.63) is 29.6 Å². The summed E-state index contributed by atoms with van der Waals surface area (Å²) >= 11 is 0. The molecule has 0 fully saturated rings. The van der Waals surface area contributed by atoms with Crippen molar-refractivity contribution < 1.29 is 9.53 Å². The molecular weight excluding hydrogens is 248 g/mol. The number of aryl methyl sites for hydroxylation is 1. The molecule has 0 aliphatic carbocycles. The van der Waals surface area contributed by atoms with Gasteiger partial charge in [0.2, 0.25) is 5.95 Å². The SMILES string of the molecule is COCCn1nnnc1NC(=O)c1ccnc(C)c1. The third-order valence-corrected chi connectivity index (χ3v) is 2.42. The van der Waals surface area contributed by atoms with Crippen molar-refractivity contribution in [3.63, 3.8) is 0 Å². The first-order chi connectivity index (χ1) is 9.20. The van der Waals surface area contributed by atoms with E-state index in [2.05, 4.69) is 25.8 Å². The zero-order valence-electron chi connectivity index (χ0n) is 10.7. The summed E-state index contributed by atoms with van der Waals surface area (Å²) in [6.45, 7) is 2.75. The molecule has 8 nitrogen and oxygen atoms in total. The number of ether oxygens (including phenoxy) is 1. The number of anilines is 1. The number of carbonyl (C=O) groups is 1. The summed E-state index contributed by atoms with van der Waals surface area (Å²) in [5.41, 5.74) is 1.28. The van der Waals surface area contributed by atoms with E-state index in [1.807, 2.05) is 6.92 Å². The van der Waals surface area contributed by atoms with Crippen LogP contribution >= 0.6 is 0 Å². The summed E-state index contributed by atoms with van der Waals surface area (Å²) in [7, 11) is 1.59. The molecule has 1 N–H and O–H groups in total. The molecule has 100 valence electrons. The van der Waals surface area contributed by atoms with Gasteiger partial charge in [0.1, 0.15) is 0 Å². The lowest BCUT2D eigenvalue weighted by molar-refractivity contribution is 0.102. The summed E-state index contributed by atoms with van der Waals surface area (Å²) in [5.74, 6) is 0.00971. The maximum atomic E-state index is 12.0. The molecule has 0 aliphatic rings. The van der Waals surface area contributed by atoms with Crippen LogP contribution in [0.15, 0.2) is 18.3 Å². The second-order valence-corrected chi connectivity index (χ2v) is 3.86. The number of rotatable bonds is 5. The molecule has 0 saturated heterocycles. The van der Waals surface area contributed by atoms with Gasteiger partial charge in [-0.25, -0.2) is 4.68 Å². The predicted octanol–water partition coefficient (Wildman–Crippen LogP) is 0.275. The van der Waals surface area contributed by atoms with Crippen LogP contribution in [-0.2, 0) is 11.3 Å². The number of aromatic nitrogens is 5. The molecule has 0 spiro atoms. The van der Waals surface area contributed by atoms with E-state index in [-0.39, 0.29) is 11.9 Å². The molecule has 0 unspecified atom stereocenters. The third kappa shape index (κ3) is 3.32. The summed E-state index contributed by atoms with van der Waals surface area (Å²) in [4.78, 5) is 16.0. The van der Waals surface area contributed by atoms with Gasteiger partial charge in [0.25, 0.3) is 5.91 Å². The average Bonchev–Trinajstić information content (AvgIpc) is 2.83. The Kier molecular flexibility index (Phi) is 4.14. The van der Waals surface area contributed by atoms with Crippen LogP contribution in [0.4, 0.5) is 5.95 Å². The van der Waals surface area contributed by atoms with Crippen LogP contribution in [0, 0.1) is 6.92 Å². The Morgan fingerprint density at radius 1 is 1.53 bits per heavy atom. The fourth-order valence-corrected chi connectivity index (χ4v) is 1.48. The predicted molar refractivity (Wildman–Crippen MR) is 66.6 cm³/mol. The lowest BCUT2D eigenvalue weighted by atomic mass is 10.2. The van der Waals surface area contributed by atoms with E-state index in [0.717, 1.165) is 5.69 Å². The molecule has 2 aromatic rings. The molecule has 2 rings (SSSR count). The van der Waals surface area contributed by atoms with Crippen LogP contribution in [0.3, 0.4) is 0 Å². The maximum Gasteiger partial charge on any atom is 0.258 e. The zero-order chi connectivity index (χ0) is 13.7. The molecule has 0 bridgehead atoms. The van der Waals surface area contributed by atoms with E-state index < -0.39 is 0 Å². The van der Waals surface area contributed by atoms with Gasteiger partial charge in [-0.3, -0.25) is 15.1 Å². The smallest absolute Gasteiger partial charge is 0.258 e. The first-order valence-electron chi connectivity index (χ1n) is 5.70. The van der Waals surface area contributed by atoms with Crippen molar-refractivity contribution in [2.45, 2.75) is 13.5 Å². The van der Waals surface area contributed by atoms with Crippen LogP contribution in [0.2, 0.25) is 0 Å². The average molecular weight is 262 g/mol. The van der Waals surface area contributed by atoms with Gasteiger partial charge in [0.15, 0.2) is 0 Å². The molecule has 0 aromatic carbocycles. The summed E-state index contributed by atoms with van der Waals surface area (Å²) in [5, 5.41) is 13.7. The Morgan fingerprint density at radius 3 is 3.11 bits per heavy atom. The topological polar surface area (TPSA) is 94.8 Å². The summed E-state index contributed by atoms with van der Waals surface area (Å²) in [6.07, 6.45) is 1.58. The van der Waals surface area contributed by atoms with E-state index in [0.29, 0.717) is 18.7 Å². The van der Waals surface area contributed by atoms with Crippen molar-refractivity contribution in [2.24, 2.45) is 0 Å². The van der Waals surface area contributed by atoms with Gasteiger partial charge < -0.3 is 4.74 Å². The van der Waals surface area contributed by atoms with Gasteiger partial charge >= 0.3 is 0 Å². The van der Waals surface area contributed by atoms with Crippen molar-refractivity contribution in [1.82, 2.24) is 25.2 Å². The van der Waals surface area contributed by atoms with Gasteiger partial charge in [0.05, 0.1) is 13.2 Å². The fourth-order valence-electron chi connectivity index (χ4n) is 1.48. The zero-order valence-corrected chi connectivity index (χ0v) is 10.7. The molecule has 0 aliphatic heterocycles. The van der Waals surface area contributed by atoms with E-state index in [9.17, 15) is 4.79 Å². The molecule has 0 atom stereocenters. The Balaban J connectivity index is 2.09. The molecule has 1 amide bonds. The molecule has 2 aromatic heterocycles. The molecule has 0 radical (unpaired) electrons. The van der Waals surface area contributed by atoms with Gasteiger partial charge in [-0.1, -0.05) is 5.10 Å². The highest BCUT2D eigenvalue weighted by molar-refractivity contribution is 6.03. The Bertz CT molecular complexity index is 568. The van der Waals surface area contributed by atoms with E-state index in [4.69, 9.17) is 4.74 Å². The number of carbonyl (C=O) groups excluding carboxylic acids is 1. The minimum absolute atomic E-state index is 0.279. The van der Waals surface area contributed by atoms with E-state index in [1.165, 1.54) is 4.68 Å². The molecular formula is C11H14N6O2. The second kappa shape index (κ2) is 6.01. The number of pyridine rings is 1. The number of methoxy groups -OCH3 is 1. The highest BCUT2D eigenvalue weighted by atomic mass is 16.5. The highest BCUT2D eigenvalue weighted by Crippen LogP contribution is 2.05.